The molecule has 0 radical (unpaired) electrons. The molecule has 5 unspecified atom stereocenters. The molecular weight excluding hydrogens is 398 g/mol. The number of benzene rings is 2. The van der Waals surface area contributed by atoms with Gasteiger partial charge in [-0.05, 0) is 85.0 Å². The Hall–Kier alpha value is -2.88. The highest BCUT2D eigenvalue weighted by molar-refractivity contribution is 5.88. The average molecular weight is 428 g/mol. The molecule has 4 nitrogen and oxygen atoms in total. The Morgan fingerprint density at radius 2 is 1.94 bits per heavy atom. The average Bonchev–Trinajstić information content (AvgIpc) is 3.43. The van der Waals surface area contributed by atoms with Crippen LogP contribution in [0.5, 0.6) is 0 Å². The van der Waals surface area contributed by atoms with Crippen molar-refractivity contribution in [2.24, 2.45) is 17.3 Å². The third-order valence-corrected chi connectivity index (χ3v) is 8.85. The topological polar surface area (TPSA) is 63.3 Å². The van der Waals surface area contributed by atoms with Crippen LogP contribution in [0.2, 0.25) is 0 Å². The van der Waals surface area contributed by atoms with E-state index in [4.69, 9.17) is 9.40 Å². The lowest BCUT2D eigenvalue weighted by Gasteiger charge is -2.50. The fourth-order valence-electron chi connectivity index (χ4n) is 7.31. The Morgan fingerprint density at radius 3 is 2.75 bits per heavy atom. The van der Waals surface area contributed by atoms with E-state index in [1.807, 2.05) is 30.5 Å². The molecule has 0 saturated heterocycles. The molecule has 0 spiro atoms. The van der Waals surface area contributed by atoms with Gasteiger partial charge in [-0.15, -0.1) is 0 Å². The minimum absolute atomic E-state index is 0.221. The molecule has 2 aromatic carbocycles. The third kappa shape index (κ3) is 2.96. The van der Waals surface area contributed by atoms with Gasteiger partial charge in [-0.25, -0.2) is 9.78 Å². The van der Waals surface area contributed by atoms with Gasteiger partial charge in [0.1, 0.15) is 0 Å². The molecule has 6 rings (SSSR count). The summed E-state index contributed by atoms with van der Waals surface area (Å²) in [5, 5.41) is 9.37. The normalized spacial score (nSPS) is 30.9. The number of nitrogens with zero attached hydrogens (tertiary/aromatic N) is 1. The predicted molar refractivity (Wildman–Crippen MR) is 123 cm³/mol. The zero-order valence-corrected chi connectivity index (χ0v) is 18.5. The van der Waals surface area contributed by atoms with Crippen molar-refractivity contribution in [3.63, 3.8) is 0 Å². The summed E-state index contributed by atoms with van der Waals surface area (Å²) in [6.45, 7) is 2.47. The molecule has 1 heterocycles. The van der Waals surface area contributed by atoms with E-state index in [0.717, 1.165) is 36.5 Å². The second kappa shape index (κ2) is 7.33. The summed E-state index contributed by atoms with van der Waals surface area (Å²) >= 11 is 0. The van der Waals surface area contributed by atoms with Crippen LogP contribution in [0.3, 0.4) is 0 Å². The monoisotopic (exact) mass is 427 g/mol. The van der Waals surface area contributed by atoms with Gasteiger partial charge in [0.15, 0.2) is 11.7 Å². The van der Waals surface area contributed by atoms with Crippen molar-refractivity contribution in [1.82, 2.24) is 4.98 Å². The summed E-state index contributed by atoms with van der Waals surface area (Å²) in [4.78, 5) is 16.2. The minimum Gasteiger partial charge on any atom is -0.478 e. The highest BCUT2D eigenvalue weighted by atomic mass is 16.4. The number of aromatic nitrogens is 1. The highest BCUT2D eigenvalue weighted by Crippen LogP contribution is 2.65. The lowest BCUT2D eigenvalue weighted by Crippen LogP contribution is -2.41. The van der Waals surface area contributed by atoms with Gasteiger partial charge < -0.3 is 9.52 Å². The highest BCUT2D eigenvalue weighted by Gasteiger charge is 2.56. The van der Waals surface area contributed by atoms with Crippen molar-refractivity contribution in [2.75, 3.05) is 0 Å². The van der Waals surface area contributed by atoms with E-state index in [2.05, 4.69) is 25.1 Å². The van der Waals surface area contributed by atoms with Crippen LogP contribution in [0, 0.1) is 17.3 Å². The first kappa shape index (κ1) is 19.8. The summed E-state index contributed by atoms with van der Waals surface area (Å²) in [7, 11) is 0. The van der Waals surface area contributed by atoms with Gasteiger partial charge in [-0.2, -0.15) is 0 Å². The van der Waals surface area contributed by atoms with Gasteiger partial charge in [-0.1, -0.05) is 43.3 Å². The van der Waals surface area contributed by atoms with E-state index in [1.54, 1.807) is 6.07 Å². The van der Waals surface area contributed by atoms with E-state index in [9.17, 15) is 9.90 Å². The number of fused-ring (bicyclic) bond motifs is 5. The quantitative estimate of drug-likeness (QED) is 0.506. The first-order valence-corrected chi connectivity index (χ1v) is 11.9. The second-order valence-corrected chi connectivity index (χ2v) is 10.2. The Morgan fingerprint density at radius 1 is 1.09 bits per heavy atom. The molecule has 0 bridgehead atoms. The zero-order valence-electron chi connectivity index (χ0n) is 18.5. The molecular formula is C28H29NO3. The molecule has 4 heteroatoms. The van der Waals surface area contributed by atoms with Gasteiger partial charge in [0, 0.05) is 11.5 Å². The van der Waals surface area contributed by atoms with Crippen molar-refractivity contribution in [2.45, 2.75) is 57.3 Å². The van der Waals surface area contributed by atoms with Crippen molar-refractivity contribution < 1.29 is 14.3 Å². The Bertz CT molecular complexity index is 1170. The van der Waals surface area contributed by atoms with Crippen LogP contribution in [0.15, 0.2) is 59.1 Å². The van der Waals surface area contributed by atoms with Crippen molar-refractivity contribution in [3.8, 4) is 11.3 Å². The zero-order chi connectivity index (χ0) is 21.9. The first-order chi connectivity index (χ1) is 15.5. The molecule has 1 aromatic heterocycles. The number of hydrogen-bond donors (Lipinski definition) is 1. The maximum absolute atomic E-state index is 11.4. The molecule has 1 N–H and O–H groups in total. The van der Waals surface area contributed by atoms with Gasteiger partial charge in [0.2, 0.25) is 0 Å². The molecule has 3 aromatic rings. The van der Waals surface area contributed by atoms with Crippen LogP contribution in [-0.2, 0) is 6.42 Å². The number of aryl methyl sites for hydroxylation is 1. The smallest absolute Gasteiger partial charge is 0.335 e. The van der Waals surface area contributed by atoms with Crippen LogP contribution in [0.1, 0.15) is 78.2 Å². The summed E-state index contributed by atoms with van der Waals surface area (Å²) in [5.74, 6) is 3.23. The summed E-state index contributed by atoms with van der Waals surface area (Å²) in [6.07, 6.45) is 8.76. The molecule has 2 fully saturated rings. The van der Waals surface area contributed by atoms with E-state index >= 15 is 0 Å². The number of carboxylic acid groups (broad SMARTS) is 1. The largest absolute Gasteiger partial charge is 0.478 e. The van der Waals surface area contributed by atoms with Crippen LogP contribution in [0.25, 0.3) is 11.3 Å². The van der Waals surface area contributed by atoms with Gasteiger partial charge >= 0.3 is 5.97 Å². The van der Waals surface area contributed by atoms with E-state index in [-0.39, 0.29) is 5.41 Å². The number of carbonyl (C=O) groups is 1. The van der Waals surface area contributed by atoms with Gasteiger partial charge in [-0.3, -0.25) is 0 Å². The number of carboxylic acids is 1. The van der Waals surface area contributed by atoms with E-state index in [1.165, 1.54) is 30.4 Å². The molecule has 2 saturated carbocycles. The SMILES string of the molecule is CC12CCC3c4ccc(C(=O)O)cc4CCC3C1CCC2c1ncc(-c2ccccc2)o1. The Balaban J connectivity index is 1.28. The van der Waals surface area contributed by atoms with Gasteiger partial charge in [0.25, 0.3) is 0 Å². The van der Waals surface area contributed by atoms with Crippen LogP contribution in [-0.4, -0.2) is 16.1 Å². The van der Waals surface area contributed by atoms with Crippen LogP contribution < -0.4 is 0 Å². The summed E-state index contributed by atoms with van der Waals surface area (Å²) in [6, 6.07) is 16.0. The maximum atomic E-state index is 11.4. The van der Waals surface area contributed by atoms with Crippen LogP contribution in [0.4, 0.5) is 0 Å². The Kier molecular flexibility index (Phi) is 4.53. The number of hydrogen-bond acceptors (Lipinski definition) is 3. The molecule has 5 atom stereocenters. The number of aromatic carboxylic acids is 1. The summed E-state index contributed by atoms with van der Waals surface area (Å²) in [5.41, 5.74) is 4.38. The fourth-order valence-corrected chi connectivity index (χ4v) is 7.31. The van der Waals surface area contributed by atoms with Crippen LogP contribution >= 0.6 is 0 Å². The lowest BCUT2D eigenvalue weighted by molar-refractivity contribution is 0.0428. The third-order valence-electron chi connectivity index (χ3n) is 8.85. The minimum atomic E-state index is -0.828. The molecule has 32 heavy (non-hydrogen) atoms. The molecule has 3 aliphatic rings. The van der Waals surface area contributed by atoms with Crippen molar-refractivity contribution >= 4 is 5.97 Å². The van der Waals surface area contributed by atoms with E-state index < -0.39 is 5.97 Å². The van der Waals surface area contributed by atoms with Gasteiger partial charge in [0.05, 0.1) is 11.8 Å². The number of oxazole rings is 1. The lowest BCUT2D eigenvalue weighted by atomic mass is 9.54. The predicted octanol–water partition coefficient (Wildman–Crippen LogP) is 6.68. The Labute approximate surface area is 188 Å². The molecule has 164 valence electrons. The molecule has 0 aliphatic heterocycles. The van der Waals surface area contributed by atoms with Crippen molar-refractivity contribution in [3.05, 3.63) is 77.3 Å². The molecule has 0 amide bonds. The fraction of sp³-hybridized carbons (Fsp3) is 0.429. The van der Waals surface area contributed by atoms with E-state index in [0.29, 0.717) is 29.2 Å². The summed E-state index contributed by atoms with van der Waals surface area (Å²) < 4.78 is 6.33. The number of rotatable bonds is 3. The standard InChI is InChI=1S/C28H29NO3/c1-28-14-13-21-20-9-8-19(27(30)31)15-18(20)7-10-22(21)23(28)11-12-24(28)26-29-16-25(32-26)17-5-3-2-4-6-17/h2-6,8-9,15-16,21-24H,7,10-14H2,1H3,(H,30,31). The van der Waals surface area contributed by atoms with Crippen molar-refractivity contribution in [1.29, 1.82) is 0 Å². The second-order valence-electron chi connectivity index (χ2n) is 10.2. The molecule has 3 aliphatic carbocycles. The first-order valence-electron chi connectivity index (χ1n) is 11.9. The maximum Gasteiger partial charge on any atom is 0.335 e.